The summed E-state index contributed by atoms with van der Waals surface area (Å²) in [7, 11) is 0. The van der Waals surface area contributed by atoms with Gasteiger partial charge in [-0.2, -0.15) is 0 Å². The van der Waals surface area contributed by atoms with Crippen molar-refractivity contribution < 1.29 is 14.7 Å². The number of fused-ring (bicyclic) bond motifs is 1. The van der Waals surface area contributed by atoms with Crippen molar-refractivity contribution in [1.29, 1.82) is 0 Å². The fourth-order valence-corrected chi connectivity index (χ4v) is 6.64. The van der Waals surface area contributed by atoms with E-state index in [0.717, 1.165) is 15.1 Å². The standard InChI is InChI=1S/C18H18BrN3O3S2/c19-13-6-14(26-9-13)18-10-22(17(24)25)7-12(18)8-27-16(21-18)20-15(23)11-4-2-1-3-5-11/h1-6,9,12,16,21H,7-8,10H2,(H,20,23)(H,24,25). The van der Waals surface area contributed by atoms with E-state index >= 15 is 0 Å². The summed E-state index contributed by atoms with van der Waals surface area (Å²) in [6.07, 6.45) is -0.906. The smallest absolute Gasteiger partial charge is 0.407 e. The van der Waals surface area contributed by atoms with Crippen LogP contribution in [-0.4, -0.2) is 46.3 Å². The van der Waals surface area contributed by atoms with E-state index in [9.17, 15) is 14.7 Å². The minimum atomic E-state index is -0.906. The lowest BCUT2D eigenvalue weighted by Gasteiger charge is -2.42. The summed E-state index contributed by atoms with van der Waals surface area (Å²) in [5, 5.41) is 18.1. The zero-order valence-corrected chi connectivity index (χ0v) is 17.4. The summed E-state index contributed by atoms with van der Waals surface area (Å²) < 4.78 is 0.981. The Morgan fingerprint density at radius 2 is 2.11 bits per heavy atom. The second kappa shape index (κ2) is 7.46. The Bertz CT molecular complexity index is 863. The van der Waals surface area contributed by atoms with Crippen molar-refractivity contribution in [2.75, 3.05) is 18.8 Å². The molecule has 27 heavy (non-hydrogen) atoms. The molecule has 3 atom stereocenters. The van der Waals surface area contributed by atoms with E-state index in [2.05, 4.69) is 26.6 Å². The number of thiophene rings is 1. The third-order valence-electron chi connectivity index (χ3n) is 5.01. The van der Waals surface area contributed by atoms with Gasteiger partial charge in [0.25, 0.3) is 5.91 Å². The maximum atomic E-state index is 12.5. The number of carbonyl (C=O) groups is 2. The van der Waals surface area contributed by atoms with Crippen molar-refractivity contribution in [3.63, 3.8) is 0 Å². The molecule has 2 amide bonds. The molecule has 2 aromatic rings. The molecule has 142 valence electrons. The van der Waals surface area contributed by atoms with Gasteiger partial charge in [-0.1, -0.05) is 18.2 Å². The van der Waals surface area contributed by atoms with E-state index in [1.54, 1.807) is 35.2 Å². The van der Waals surface area contributed by atoms with Crippen molar-refractivity contribution in [1.82, 2.24) is 15.5 Å². The van der Waals surface area contributed by atoms with Crippen LogP contribution in [0.1, 0.15) is 15.2 Å². The minimum absolute atomic E-state index is 0.144. The lowest BCUT2D eigenvalue weighted by Crippen LogP contribution is -2.60. The Labute approximate surface area is 173 Å². The molecule has 0 aliphatic carbocycles. The molecule has 9 heteroatoms. The maximum absolute atomic E-state index is 12.5. The third-order valence-corrected chi connectivity index (χ3v) is 8.04. The SMILES string of the molecule is O=C(NC1NC2(c3cc(Br)cs3)CN(C(=O)O)CC2CS1)c1ccccc1. The van der Waals surface area contributed by atoms with Gasteiger partial charge in [0, 0.05) is 45.1 Å². The average Bonchev–Trinajstić information content (AvgIpc) is 3.26. The van der Waals surface area contributed by atoms with Crippen molar-refractivity contribution in [3.05, 3.63) is 56.7 Å². The number of benzene rings is 1. The van der Waals surface area contributed by atoms with Crippen LogP contribution in [0.25, 0.3) is 0 Å². The Morgan fingerprint density at radius 1 is 1.33 bits per heavy atom. The van der Waals surface area contributed by atoms with Gasteiger partial charge in [0.1, 0.15) is 5.50 Å². The van der Waals surface area contributed by atoms with Crippen LogP contribution in [0.15, 0.2) is 46.3 Å². The van der Waals surface area contributed by atoms with Crippen LogP contribution in [0.4, 0.5) is 4.79 Å². The number of amides is 2. The molecule has 6 nitrogen and oxygen atoms in total. The Balaban J connectivity index is 1.58. The second-order valence-electron chi connectivity index (χ2n) is 6.66. The van der Waals surface area contributed by atoms with Crippen LogP contribution in [0, 0.1) is 5.92 Å². The third kappa shape index (κ3) is 3.61. The van der Waals surface area contributed by atoms with E-state index in [1.807, 2.05) is 29.6 Å². The van der Waals surface area contributed by atoms with Crippen molar-refractivity contribution in [2.24, 2.45) is 5.92 Å². The maximum Gasteiger partial charge on any atom is 0.407 e. The highest BCUT2D eigenvalue weighted by Crippen LogP contribution is 2.45. The molecule has 1 aromatic heterocycles. The predicted molar refractivity (Wildman–Crippen MR) is 110 cm³/mol. The van der Waals surface area contributed by atoms with E-state index in [1.165, 1.54) is 4.90 Å². The molecule has 0 spiro atoms. The van der Waals surface area contributed by atoms with Crippen LogP contribution in [0.3, 0.4) is 0 Å². The highest BCUT2D eigenvalue weighted by Gasteiger charge is 2.53. The van der Waals surface area contributed by atoms with Crippen LogP contribution in [0.5, 0.6) is 0 Å². The number of halogens is 1. The number of thioether (sulfide) groups is 1. The quantitative estimate of drug-likeness (QED) is 0.644. The lowest BCUT2D eigenvalue weighted by molar-refractivity contribution is 0.0932. The Kier molecular flexibility index (Phi) is 5.19. The highest BCUT2D eigenvalue weighted by molar-refractivity contribution is 9.10. The largest absolute Gasteiger partial charge is 0.465 e. The summed E-state index contributed by atoms with van der Waals surface area (Å²) in [4.78, 5) is 26.7. The summed E-state index contributed by atoms with van der Waals surface area (Å²) >= 11 is 6.71. The predicted octanol–water partition coefficient (Wildman–Crippen LogP) is 3.37. The number of hydrogen-bond acceptors (Lipinski definition) is 5. The van der Waals surface area contributed by atoms with Crippen LogP contribution in [-0.2, 0) is 5.54 Å². The van der Waals surface area contributed by atoms with Gasteiger partial charge in [0.05, 0.1) is 5.54 Å². The lowest BCUT2D eigenvalue weighted by atomic mass is 9.86. The molecule has 3 unspecified atom stereocenters. The first-order chi connectivity index (χ1) is 13.0. The normalized spacial score (nSPS) is 27.2. The Hall–Kier alpha value is -1.55. The number of nitrogens with zero attached hydrogens (tertiary/aromatic N) is 1. The summed E-state index contributed by atoms with van der Waals surface area (Å²) in [5.41, 5.74) is -0.174. The summed E-state index contributed by atoms with van der Waals surface area (Å²) in [5.74, 6) is 0.773. The monoisotopic (exact) mass is 467 g/mol. The minimum Gasteiger partial charge on any atom is -0.465 e. The zero-order valence-electron chi connectivity index (χ0n) is 14.2. The van der Waals surface area contributed by atoms with Gasteiger partial charge < -0.3 is 15.3 Å². The van der Waals surface area contributed by atoms with Crippen molar-refractivity contribution in [2.45, 2.75) is 11.0 Å². The average molecular weight is 468 g/mol. The molecule has 2 fully saturated rings. The molecule has 2 aliphatic rings. The van der Waals surface area contributed by atoms with Crippen LogP contribution >= 0.6 is 39.0 Å². The molecule has 0 bridgehead atoms. The van der Waals surface area contributed by atoms with E-state index in [4.69, 9.17) is 0 Å². The van der Waals surface area contributed by atoms with E-state index in [-0.39, 0.29) is 17.3 Å². The molecule has 1 aromatic carbocycles. The topological polar surface area (TPSA) is 81.7 Å². The fraction of sp³-hybridized carbons (Fsp3) is 0.333. The van der Waals surface area contributed by atoms with E-state index in [0.29, 0.717) is 18.7 Å². The molecule has 0 saturated carbocycles. The second-order valence-corrected chi connectivity index (χ2v) is 9.62. The molecule has 0 radical (unpaired) electrons. The van der Waals surface area contributed by atoms with Gasteiger partial charge in [0.15, 0.2) is 0 Å². The number of likely N-dealkylation sites (tertiary alicyclic amines) is 1. The Morgan fingerprint density at radius 3 is 2.78 bits per heavy atom. The number of nitrogens with one attached hydrogen (secondary N) is 2. The van der Waals surface area contributed by atoms with Crippen molar-refractivity contribution >= 4 is 51.0 Å². The van der Waals surface area contributed by atoms with Gasteiger partial charge in [-0.25, -0.2) is 4.79 Å². The number of carbonyl (C=O) groups excluding carboxylic acids is 1. The highest BCUT2D eigenvalue weighted by atomic mass is 79.9. The molecular formula is C18H18BrN3O3S2. The summed E-state index contributed by atoms with van der Waals surface area (Å²) in [6.45, 7) is 0.864. The van der Waals surface area contributed by atoms with Gasteiger partial charge in [-0.3, -0.25) is 10.1 Å². The number of carboxylic acid groups (broad SMARTS) is 1. The molecule has 2 aliphatic heterocycles. The van der Waals surface area contributed by atoms with Crippen LogP contribution < -0.4 is 10.6 Å². The van der Waals surface area contributed by atoms with Gasteiger partial charge in [-0.15, -0.1) is 23.1 Å². The van der Waals surface area contributed by atoms with Gasteiger partial charge in [0.2, 0.25) is 0 Å². The van der Waals surface area contributed by atoms with Gasteiger partial charge in [-0.05, 0) is 34.1 Å². The zero-order chi connectivity index (χ0) is 19.0. The molecule has 3 N–H and O–H groups in total. The molecule has 4 rings (SSSR count). The molecule has 3 heterocycles. The first-order valence-corrected chi connectivity index (χ1v) is 11.2. The van der Waals surface area contributed by atoms with Crippen LogP contribution in [0.2, 0.25) is 0 Å². The summed E-state index contributed by atoms with van der Waals surface area (Å²) in [6, 6.07) is 11.1. The number of hydrogen-bond donors (Lipinski definition) is 3. The van der Waals surface area contributed by atoms with E-state index < -0.39 is 11.6 Å². The first-order valence-electron chi connectivity index (χ1n) is 8.45. The number of rotatable bonds is 3. The first kappa shape index (κ1) is 18.8. The van der Waals surface area contributed by atoms with Crippen molar-refractivity contribution in [3.8, 4) is 0 Å². The fourth-order valence-electron chi connectivity index (χ4n) is 3.68. The van der Waals surface area contributed by atoms with Gasteiger partial charge >= 0.3 is 6.09 Å². The molecular weight excluding hydrogens is 450 g/mol. The molecule has 2 saturated heterocycles.